The summed E-state index contributed by atoms with van der Waals surface area (Å²) in [5.74, 6) is -0.0937. The number of carbonyl (C=O) groups is 1. The Labute approximate surface area is 215 Å². The van der Waals surface area contributed by atoms with Crippen LogP contribution >= 0.6 is 46.6 Å². The van der Waals surface area contributed by atoms with E-state index in [9.17, 15) is 9.90 Å². The summed E-state index contributed by atoms with van der Waals surface area (Å²) >= 11 is 18.4. The number of halogens is 3. The summed E-state index contributed by atoms with van der Waals surface area (Å²) in [5.41, 5.74) is 3.08. The molecule has 1 aliphatic heterocycles. The molecule has 1 aromatic heterocycles. The van der Waals surface area contributed by atoms with Crippen LogP contribution in [0.25, 0.3) is 0 Å². The number of aromatic nitrogens is 3. The molecule has 0 radical (unpaired) electrons. The number of anilines is 1. The minimum absolute atomic E-state index is 0.0187. The van der Waals surface area contributed by atoms with Gasteiger partial charge in [0.25, 0.3) is 9.70 Å². The number of hydrogen-bond acceptors (Lipinski definition) is 7. The third kappa shape index (κ3) is 6.63. The molecule has 180 valence electrons. The maximum atomic E-state index is 11.9. The van der Waals surface area contributed by atoms with Gasteiger partial charge in [-0.1, -0.05) is 83.0 Å². The molecule has 3 N–H and O–H groups in total. The zero-order valence-corrected chi connectivity index (χ0v) is 20.7. The van der Waals surface area contributed by atoms with Crippen molar-refractivity contribution in [3.8, 4) is 0 Å². The average Bonchev–Trinajstić information content (AvgIpc) is 3.36. The van der Waals surface area contributed by atoms with E-state index in [1.54, 1.807) is 24.3 Å². The normalized spacial score (nSPS) is 20.8. The van der Waals surface area contributed by atoms with Gasteiger partial charge in [-0.05, 0) is 23.3 Å². The van der Waals surface area contributed by atoms with E-state index in [1.165, 1.54) is 18.1 Å². The molecule has 0 spiro atoms. The molecule has 1 fully saturated rings. The average molecular weight is 544 g/mol. The SMILES string of the molecule is O=C(Nc1ccc(C2OC(CSc3ncn[nH]3)CC(c3ccc(CO)cc3)O2)cc1)C(Cl)(Cl)Cl. The molecule has 8 nitrogen and oxygen atoms in total. The molecule has 2 heterocycles. The van der Waals surface area contributed by atoms with Crippen molar-refractivity contribution in [2.45, 2.75) is 40.5 Å². The van der Waals surface area contributed by atoms with Crippen LogP contribution in [0.2, 0.25) is 0 Å². The van der Waals surface area contributed by atoms with E-state index in [1.807, 2.05) is 24.3 Å². The minimum Gasteiger partial charge on any atom is -0.392 e. The number of aliphatic hydroxyl groups excluding tert-OH is 1. The van der Waals surface area contributed by atoms with E-state index in [4.69, 9.17) is 44.3 Å². The Morgan fingerprint density at radius 2 is 1.82 bits per heavy atom. The summed E-state index contributed by atoms with van der Waals surface area (Å²) < 4.78 is 10.5. The molecule has 0 aliphatic carbocycles. The summed E-state index contributed by atoms with van der Waals surface area (Å²) in [7, 11) is 0. The second kappa shape index (κ2) is 11.3. The highest BCUT2D eigenvalue weighted by molar-refractivity contribution is 7.99. The number of aromatic amines is 1. The highest BCUT2D eigenvalue weighted by atomic mass is 35.6. The van der Waals surface area contributed by atoms with E-state index < -0.39 is 16.0 Å². The van der Waals surface area contributed by atoms with Crippen LogP contribution in [0.4, 0.5) is 5.69 Å². The van der Waals surface area contributed by atoms with Gasteiger partial charge in [0, 0.05) is 23.4 Å². The van der Waals surface area contributed by atoms with Gasteiger partial charge >= 0.3 is 0 Å². The third-order valence-corrected chi connectivity index (χ3v) is 6.64. The van der Waals surface area contributed by atoms with E-state index in [2.05, 4.69) is 20.5 Å². The first-order chi connectivity index (χ1) is 16.3. The molecule has 12 heteroatoms. The van der Waals surface area contributed by atoms with Crippen LogP contribution in [0.15, 0.2) is 60.0 Å². The number of H-pyrrole nitrogens is 1. The standard InChI is InChI=1S/C22H21Cl3N4O4S/c23-22(24,25)20(31)28-16-7-5-15(6-8-16)19-32-17(11-34-21-26-12-27-29-21)9-18(33-19)14-3-1-13(10-30)2-4-14/h1-8,12,17-19,30H,9-11H2,(H,28,31)(H,26,27,29). The molecule has 1 saturated heterocycles. The van der Waals surface area contributed by atoms with Gasteiger partial charge in [0.05, 0.1) is 18.8 Å². The van der Waals surface area contributed by atoms with Gasteiger partial charge in [0.15, 0.2) is 11.4 Å². The molecule has 4 rings (SSSR count). The molecule has 2 aromatic carbocycles. The van der Waals surface area contributed by atoms with Crippen molar-refractivity contribution < 1.29 is 19.4 Å². The van der Waals surface area contributed by atoms with Gasteiger partial charge in [0.1, 0.15) is 6.33 Å². The van der Waals surface area contributed by atoms with Crippen molar-refractivity contribution >= 4 is 58.2 Å². The number of thioether (sulfide) groups is 1. The van der Waals surface area contributed by atoms with Crippen molar-refractivity contribution in [3.63, 3.8) is 0 Å². The predicted octanol–water partition coefficient (Wildman–Crippen LogP) is 4.94. The Morgan fingerprint density at radius 3 is 2.44 bits per heavy atom. The lowest BCUT2D eigenvalue weighted by Gasteiger charge is -2.36. The molecular formula is C22H21Cl3N4O4S. The second-order valence-corrected chi connectivity index (χ2v) is 10.8. The van der Waals surface area contributed by atoms with Crippen molar-refractivity contribution in [2.75, 3.05) is 11.1 Å². The van der Waals surface area contributed by atoms with Gasteiger partial charge in [0.2, 0.25) is 0 Å². The Bertz CT molecular complexity index is 1080. The molecule has 1 amide bonds. The first-order valence-electron chi connectivity index (χ1n) is 10.3. The molecular weight excluding hydrogens is 523 g/mol. The number of benzene rings is 2. The quantitative estimate of drug-likeness (QED) is 0.286. The zero-order valence-electron chi connectivity index (χ0n) is 17.7. The summed E-state index contributed by atoms with van der Waals surface area (Å²) in [5, 5.41) is 19.3. The van der Waals surface area contributed by atoms with E-state index in [-0.39, 0.29) is 18.8 Å². The highest BCUT2D eigenvalue weighted by Crippen LogP contribution is 2.39. The van der Waals surface area contributed by atoms with Crippen molar-refractivity contribution in [2.24, 2.45) is 0 Å². The molecule has 1 aliphatic rings. The first-order valence-corrected chi connectivity index (χ1v) is 12.4. The van der Waals surface area contributed by atoms with Crippen LogP contribution in [0.1, 0.15) is 35.5 Å². The van der Waals surface area contributed by atoms with Crippen LogP contribution in [0, 0.1) is 0 Å². The van der Waals surface area contributed by atoms with Gasteiger partial charge in [-0.25, -0.2) is 4.98 Å². The van der Waals surface area contributed by atoms with Crippen molar-refractivity contribution in [1.29, 1.82) is 0 Å². The van der Waals surface area contributed by atoms with E-state index in [0.29, 0.717) is 23.0 Å². The van der Waals surface area contributed by atoms with Crippen LogP contribution in [0.3, 0.4) is 0 Å². The fourth-order valence-electron chi connectivity index (χ4n) is 3.38. The van der Waals surface area contributed by atoms with Crippen LogP contribution in [-0.2, 0) is 20.9 Å². The number of alkyl halides is 3. The third-order valence-electron chi connectivity index (χ3n) is 5.11. The van der Waals surface area contributed by atoms with Gasteiger partial charge < -0.3 is 19.9 Å². The molecule has 3 unspecified atom stereocenters. The second-order valence-electron chi connectivity index (χ2n) is 7.53. The lowest BCUT2D eigenvalue weighted by molar-refractivity contribution is -0.245. The largest absolute Gasteiger partial charge is 0.392 e. The summed E-state index contributed by atoms with van der Waals surface area (Å²) in [4.78, 5) is 16.0. The van der Waals surface area contributed by atoms with Gasteiger partial charge in [-0.2, -0.15) is 5.10 Å². The smallest absolute Gasteiger partial charge is 0.276 e. The van der Waals surface area contributed by atoms with Crippen LogP contribution in [0.5, 0.6) is 0 Å². The fourth-order valence-corrected chi connectivity index (χ4v) is 4.32. The van der Waals surface area contributed by atoms with Crippen LogP contribution in [-0.4, -0.2) is 41.8 Å². The predicted molar refractivity (Wildman–Crippen MR) is 131 cm³/mol. The summed E-state index contributed by atoms with van der Waals surface area (Å²) in [6, 6.07) is 14.6. The summed E-state index contributed by atoms with van der Waals surface area (Å²) in [6.45, 7) is -0.0187. The minimum atomic E-state index is -2.05. The number of nitrogens with one attached hydrogen (secondary N) is 2. The molecule has 0 saturated carbocycles. The lowest BCUT2D eigenvalue weighted by atomic mass is 10.0. The molecule has 0 bridgehead atoms. The van der Waals surface area contributed by atoms with E-state index in [0.717, 1.165) is 16.7 Å². The Kier molecular flexibility index (Phi) is 8.36. The number of ether oxygens (including phenoxy) is 2. The fraction of sp³-hybridized carbons (Fsp3) is 0.318. The summed E-state index contributed by atoms with van der Waals surface area (Å²) in [6.07, 6.45) is 1.14. The Balaban J connectivity index is 1.50. The van der Waals surface area contributed by atoms with Crippen molar-refractivity contribution in [3.05, 3.63) is 71.5 Å². The number of rotatable bonds is 7. The number of hydrogen-bond donors (Lipinski definition) is 3. The van der Waals surface area contributed by atoms with Crippen LogP contribution < -0.4 is 5.32 Å². The first kappa shape index (κ1) is 25.2. The highest BCUT2D eigenvalue weighted by Gasteiger charge is 2.33. The maximum Gasteiger partial charge on any atom is 0.276 e. The number of carbonyl (C=O) groups excluding carboxylic acids is 1. The zero-order chi connectivity index (χ0) is 24.1. The molecule has 3 atom stereocenters. The van der Waals surface area contributed by atoms with E-state index >= 15 is 0 Å². The number of aliphatic hydroxyl groups is 1. The van der Waals surface area contributed by atoms with Gasteiger partial charge in [-0.3, -0.25) is 9.89 Å². The van der Waals surface area contributed by atoms with Crippen molar-refractivity contribution in [1.82, 2.24) is 15.2 Å². The topological polar surface area (TPSA) is 109 Å². The molecule has 3 aromatic rings. The Hall–Kier alpha value is -1.85. The van der Waals surface area contributed by atoms with Gasteiger partial charge in [-0.15, -0.1) is 0 Å². The Morgan fingerprint density at radius 1 is 1.12 bits per heavy atom. The monoisotopic (exact) mass is 542 g/mol. The number of nitrogens with zero attached hydrogens (tertiary/aromatic N) is 2. The maximum absolute atomic E-state index is 11.9. The lowest BCUT2D eigenvalue weighted by Crippen LogP contribution is -2.31. The molecule has 34 heavy (non-hydrogen) atoms. The number of amides is 1.